The second kappa shape index (κ2) is 5.44. The van der Waals surface area contributed by atoms with Crippen molar-refractivity contribution < 1.29 is 13.9 Å². The number of aliphatic hydroxyl groups excluding tert-OH is 1. The molecule has 0 unspecified atom stereocenters. The molecule has 22 heavy (non-hydrogen) atoms. The van der Waals surface area contributed by atoms with Gasteiger partial charge >= 0.3 is 5.63 Å². The van der Waals surface area contributed by atoms with E-state index in [-0.39, 0.29) is 11.5 Å². The first-order chi connectivity index (χ1) is 10.5. The number of nitrogens with zero attached hydrogens (tertiary/aromatic N) is 1. The number of aliphatic hydroxyl groups is 1. The molecule has 0 fully saturated rings. The molecule has 0 aliphatic carbocycles. The minimum absolute atomic E-state index is 0.0156. The molecule has 0 saturated carbocycles. The topological polar surface area (TPSA) is 63.3 Å². The molecule has 110 valence electrons. The van der Waals surface area contributed by atoms with E-state index in [1.165, 1.54) is 30.3 Å². The second-order valence-corrected chi connectivity index (χ2v) is 4.89. The van der Waals surface area contributed by atoms with Gasteiger partial charge in [0.1, 0.15) is 17.1 Å². The maximum absolute atomic E-state index is 12.9. The van der Waals surface area contributed by atoms with Crippen LogP contribution in [0.5, 0.6) is 0 Å². The largest absolute Gasteiger partial charge is 0.507 e. The number of halogens is 1. The van der Waals surface area contributed by atoms with Crippen LogP contribution in [0.1, 0.15) is 16.8 Å². The van der Waals surface area contributed by atoms with Gasteiger partial charge in [-0.25, -0.2) is 14.2 Å². The summed E-state index contributed by atoms with van der Waals surface area (Å²) in [5.41, 5.74) is 1.58. The van der Waals surface area contributed by atoms with Crippen LogP contribution in [0.25, 0.3) is 22.9 Å². The van der Waals surface area contributed by atoms with Crippen molar-refractivity contribution in [2.75, 3.05) is 0 Å². The average molecular weight is 297 g/mol. The van der Waals surface area contributed by atoms with Crippen LogP contribution in [0.4, 0.5) is 4.39 Å². The van der Waals surface area contributed by atoms with Gasteiger partial charge in [-0.3, -0.25) is 0 Å². The Kier molecular flexibility index (Phi) is 3.47. The molecule has 0 amide bonds. The fraction of sp³-hybridized carbons (Fsp3) is 0.0588. The molecule has 4 nitrogen and oxygen atoms in total. The quantitative estimate of drug-likeness (QED) is 0.733. The number of benzene rings is 2. The summed E-state index contributed by atoms with van der Waals surface area (Å²) in [5, 5.41) is 10.0. The van der Waals surface area contributed by atoms with E-state index < -0.39 is 11.4 Å². The highest BCUT2D eigenvalue weighted by Crippen LogP contribution is 2.16. The normalized spacial score (nSPS) is 11.8. The maximum atomic E-state index is 12.9. The zero-order valence-electron chi connectivity index (χ0n) is 11.7. The van der Waals surface area contributed by atoms with E-state index in [9.17, 15) is 14.3 Å². The number of hydrogen-bond donors (Lipinski definition) is 1. The molecule has 0 radical (unpaired) electrons. The molecule has 0 saturated heterocycles. The van der Waals surface area contributed by atoms with E-state index in [2.05, 4.69) is 4.98 Å². The van der Waals surface area contributed by atoms with Crippen molar-refractivity contribution >= 4 is 22.9 Å². The Morgan fingerprint density at radius 1 is 1.23 bits per heavy atom. The van der Waals surface area contributed by atoms with Crippen LogP contribution < -0.4 is 5.63 Å². The molecule has 5 heteroatoms. The summed E-state index contributed by atoms with van der Waals surface area (Å²) in [5.74, 6) is -0.596. The van der Waals surface area contributed by atoms with E-state index in [1.807, 2.05) is 13.0 Å². The van der Waals surface area contributed by atoms with E-state index in [0.29, 0.717) is 16.7 Å². The Labute approximate surface area is 125 Å². The van der Waals surface area contributed by atoms with Crippen molar-refractivity contribution in [3.8, 4) is 0 Å². The lowest BCUT2D eigenvalue weighted by Crippen LogP contribution is -2.06. The first-order valence-electron chi connectivity index (χ1n) is 6.61. The third kappa shape index (κ3) is 2.74. The molecule has 3 rings (SSSR count). The molecular formula is C17H12FNO3. The smallest absolute Gasteiger partial charge is 0.362 e. The van der Waals surface area contributed by atoms with E-state index in [1.54, 1.807) is 12.1 Å². The standard InChI is InChI=1S/C17H12FNO3/c1-10-2-7-13-16(8-10)22-17(21)14(19-13)9-15(20)11-3-5-12(18)6-4-11/h2-9,20H,1H3. The van der Waals surface area contributed by atoms with Gasteiger partial charge < -0.3 is 9.52 Å². The predicted molar refractivity (Wildman–Crippen MR) is 81.9 cm³/mol. The minimum atomic E-state index is -0.647. The lowest BCUT2D eigenvalue weighted by atomic mass is 10.1. The number of aromatic nitrogens is 1. The Hall–Kier alpha value is -2.95. The van der Waals surface area contributed by atoms with E-state index in [4.69, 9.17) is 4.42 Å². The second-order valence-electron chi connectivity index (χ2n) is 4.89. The van der Waals surface area contributed by atoms with Gasteiger partial charge in [-0.15, -0.1) is 0 Å². The third-order valence-corrected chi connectivity index (χ3v) is 3.18. The SMILES string of the molecule is Cc1ccc2nc(C=C(O)c3ccc(F)cc3)c(=O)oc2c1. The Morgan fingerprint density at radius 2 is 1.95 bits per heavy atom. The molecule has 0 atom stereocenters. The van der Waals surface area contributed by atoms with Crippen molar-refractivity contribution in [3.63, 3.8) is 0 Å². The van der Waals surface area contributed by atoms with Crippen molar-refractivity contribution in [1.82, 2.24) is 4.98 Å². The van der Waals surface area contributed by atoms with Crippen molar-refractivity contribution in [3.05, 3.63) is 75.5 Å². The van der Waals surface area contributed by atoms with Gasteiger partial charge in [-0.1, -0.05) is 6.07 Å². The first-order valence-corrected chi connectivity index (χ1v) is 6.61. The maximum Gasteiger partial charge on any atom is 0.362 e. The summed E-state index contributed by atoms with van der Waals surface area (Å²) in [4.78, 5) is 16.1. The van der Waals surface area contributed by atoms with Crippen LogP contribution in [-0.2, 0) is 0 Å². The van der Waals surface area contributed by atoms with Crippen molar-refractivity contribution in [2.45, 2.75) is 6.92 Å². The Morgan fingerprint density at radius 3 is 2.68 bits per heavy atom. The van der Waals surface area contributed by atoms with Crippen LogP contribution in [-0.4, -0.2) is 10.1 Å². The van der Waals surface area contributed by atoms with Gasteiger partial charge in [-0.2, -0.15) is 0 Å². The third-order valence-electron chi connectivity index (χ3n) is 3.18. The molecule has 1 N–H and O–H groups in total. The van der Waals surface area contributed by atoms with Gasteiger partial charge in [0.15, 0.2) is 11.3 Å². The van der Waals surface area contributed by atoms with Crippen LogP contribution in [0, 0.1) is 12.7 Å². The van der Waals surface area contributed by atoms with Crippen LogP contribution in [0.3, 0.4) is 0 Å². The molecular weight excluding hydrogens is 285 g/mol. The molecule has 1 heterocycles. The lowest BCUT2D eigenvalue weighted by molar-refractivity contribution is 0.513. The van der Waals surface area contributed by atoms with Crippen LogP contribution in [0.15, 0.2) is 51.7 Å². The fourth-order valence-electron chi connectivity index (χ4n) is 2.05. The molecule has 0 aliphatic rings. The van der Waals surface area contributed by atoms with Crippen molar-refractivity contribution in [2.24, 2.45) is 0 Å². The number of rotatable bonds is 2. The Balaban J connectivity index is 2.07. The van der Waals surface area contributed by atoms with E-state index in [0.717, 1.165) is 5.56 Å². The van der Waals surface area contributed by atoms with Crippen LogP contribution in [0.2, 0.25) is 0 Å². The predicted octanol–water partition coefficient (Wildman–Crippen LogP) is 3.69. The monoisotopic (exact) mass is 297 g/mol. The summed E-state index contributed by atoms with van der Waals surface area (Å²) in [7, 11) is 0. The van der Waals surface area contributed by atoms with E-state index >= 15 is 0 Å². The van der Waals surface area contributed by atoms with Crippen LogP contribution >= 0.6 is 0 Å². The number of fused-ring (bicyclic) bond motifs is 1. The summed E-state index contributed by atoms with van der Waals surface area (Å²) < 4.78 is 18.1. The average Bonchev–Trinajstić information content (AvgIpc) is 2.49. The minimum Gasteiger partial charge on any atom is -0.507 e. The summed E-state index contributed by atoms with van der Waals surface area (Å²) in [6, 6.07) is 10.6. The van der Waals surface area contributed by atoms with Gasteiger partial charge in [0.05, 0.1) is 0 Å². The van der Waals surface area contributed by atoms with Gasteiger partial charge in [0, 0.05) is 11.6 Å². The molecule has 0 spiro atoms. The fourth-order valence-corrected chi connectivity index (χ4v) is 2.05. The van der Waals surface area contributed by atoms with Gasteiger partial charge in [0.25, 0.3) is 0 Å². The highest BCUT2D eigenvalue weighted by atomic mass is 19.1. The van der Waals surface area contributed by atoms with Crippen molar-refractivity contribution in [1.29, 1.82) is 0 Å². The number of hydrogen-bond acceptors (Lipinski definition) is 4. The van der Waals surface area contributed by atoms with Gasteiger partial charge in [0.2, 0.25) is 0 Å². The number of aryl methyl sites for hydroxylation is 1. The Bertz CT molecular complexity index is 927. The highest BCUT2D eigenvalue weighted by molar-refractivity contribution is 5.78. The zero-order valence-corrected chi connectivity index (χ0v) is 11.7. The molecule has 0 aliphatic heterocycles. The van der Waals surface area contributed by atoms with Gasteiger partial charge in [-0.05, 0) is 48.9 Å². The summed E-state index contributed by atoms with van der Waals surface area (Å²) in [6.45, 7) is 1.88. The highest BCUT2D eigenvalue weighted by Gasteiger charge is 2.08. The summed E-state index contributed by atoms with van der Waals surface area (Å²) >= 11 is 0. The molecule has 0 bridgehead atoms. The lowest BCUT2D eigenvalue weighted by Gasteiger charge is -2.01. The zero-order chi connectivity index (χ0) is 15.7. The summed E-state index contributed by atoms with van der Waals surface area (Å²) in [6.07, 6.45) is 1.21. The molecule has 2 aromatic carbocycles. The first kappa shape index (κ1) is 14.0. The molecule has 3 aromatic rings. The molecule has 1 aromatic heterocycles.